The first-order valence-electron chi connectivity index (χ1n) is 5.08. The molecule has 1 N–H and O–H groups in total. The number of carbonyl (C=O) groups excluding carboxylic acids is 1. The first-order chi connectivity index (χ1) is 7.56. The van der Waals surface area contributed by atoms with E-state index in [-0.39, 0.29) is 12.0 Å². The molecule has 0 amide bonds. The lowest BCUT2D eigenvalue weighted by atomic mass is 9.88. The van der Waals surface area contributed by atoms with Crippen molar-refractivity contribution >= 4 is 5.97 Å². The molecular formula is C10H18F3NO3. The van der Waals surface area contributed by atoms with E-state index in [0.29, 0.717) is 6.42 Å². The molecule has 0 aromatic rings. The second-order valence-electron chi connectivity index (χ2n) is 4.92. The van der Waals surface area contributed by atoms with Gasteiger partial charge in [-0.1, -0.05) is 20.8 Å². The molecule has 0 bridgehead atoms. The molecule has 0 rings (SSSR count). The average Bonchev–Trinajstić information content (AvgIpc) is 2.10. The number of alkyl halides is 3. The summed E-state index contributed by atoms with van der Waals surface area (Å²) in [5.74, 6) is -2.26. The highest BCUT2D eigenvalue weighted by atomic mass is 19.4. The van der Waals surface area contributed by atoms with Gasteiger partial charge >= 0.3 is 12.1 Å². The third-order valence-electron chi connectivity index (χ3n) is 1.78. The molecule has 0 heterocycles. The maximum Gasteiger partial charge on any atom is 0.492 e. The summed E-state index contributed by atoms with van der Waals surface area (Å²) in [5.41, 5.74) is 1.96. The number of carbonyl (C=O) groups is 1. The van der Waals surface area contributed by atoms with Gasteiger partial charge in [-0.2, -0.15) is 13.2 Å². The summed E-state index contributed by atoms with van der Waals surface area (Å²) in [4.78, 5) is 14.5. The summed E-state index contributed by atoms with van der Waals surface area (Å²) in [7, 11) is 1.42. The van der Waals surface area contributed by atoms with Gasteiger partial charge in [0.05, 0.1) is 12.6 Å². The third kappa shape index (κ3) is 7.98. The number of methoxy groups -OCH3 is 1. The van der Waals surface area contributed by atoms with Crippen molar-refractivity contribution in [1.29, 1.82) is 0 Å². The quantitative estimate of drug-likeness (QED) is 0.766. The van der Waals surface area contributed by atoms with Crippen molar-refractivity contribution in [1.82, 2.24) is 5.48 Å². The number of ether oxygens (including phenoxy) is 1. The van der Waals surface area contributed by atoms with E-state index < -0.39 is 18.2 Å². The molecule has 7 heteroatoms. The van der Waals surface area contributed by atoms with Crippen LogP contribution >= 0.6 is 0 Å². The number of hydrogen-bond donors (Lipinski definition) is 1. The van der Waals surface area contributed by atoms with Gasteiger partial charge in [-0.25, -0.2) is 4.79 Å². The van der Waals surface area contributed by atoms with Crippen molar-refractivity contribution in [3.8, 4) is 0 Å². The SMILES string of the molecule is COC[C@H](CC(C)(C)C)NOC(=O)C(F)(F)F. The molecule has 0 aliphatic rings. The predicted molar refractivity (Wildman–Crippen MR) is 55.0 cm³/mol. The van der Waals surface area contributed by atoms with Crippen LogP contribution in [0.3, 0.4) is 0 Å². The van der Waals surface area contributed by atoms with Crippen molar-refractivity contribution in [3.63, 3.8) is 0 Å². The molecule has 0 fully saturated rings. The van der Waals surface area contributed by atoms with Crippen molar-refractivity contribution in [2.75, 3.05) is 13.7 Å². The zero-order chi connectivity index (χ0) is 13.7. The van der Waals surface area contributed by atoms with Crippen LogP contribution in [0.1, 0.15) is 27.2 Å². The van der Waals surface area contributed by atoms with Crippen LogP contribution in [0.15, 0.2) is 0 Å². The summed E-state index contributed by atoms with van der Waals surface area (Å²) >= 11 is 0. The molecule has 0 radical (unpaired) electrons. The maximum absolute atomic E-state index is 11.9. The molecule has 0 saturated heterocycles. The molecule has 0 aromatic heterocycles. The molecule has 4 nitrogen and oxygen atoms in total. The lowest BCUT2D eigenvalue weighted by Crippen LogP contribution is -2.41. The Morgan fingerprint density at radius 1 is 1.29 bits per heavy atom. The molecule has 0 aliphatic carbocycles. The number of halogens is 3. The second-order valence-corrected chi connectivity index (χ2v) is 4.92. The van der Waals surface area contributed by atoms with Crippen LogP contribution in [0, 0.1) is 5.41 Å². The van der Waals surface area contributed by atoms with Crippen LogP contribution < -0.4 is 5.48 Å². The van der Waals surface area contributed by atoms with Crippen molar-refractivity contribution in [2.45, 2.75) is 39.4 Å². The molecule has 0 saturated carbocycles. The van der Waals surface area contributed by atoms with Crippen LogP contribution in [0.4, 0.5) is 13.2 Å². The van der Waals surface area contributed by atoms with E-state index in [1.165, 1.54) is 7.11 Å². The summed E-state index contributed by atoms with van der Waals surface area (Å²) in [6.45, 7) is 5.91. The van der Waals surface area contributed by atoms with Gasteiger partial charge in [0.15, 0.2) is 0 Å². The van der Waals surface area contributed by atoms with Gasteiger partial charge in [-0.05, 0) is 11.8 Å². The predicted octanol–water partition coefficient (Wildman–Crippen LogP) is 2.05. The summed E-state index contributed by atoms with van der Waals surface area (Å²) in [6, 6.07) is -0.480. The highest BCUT2D eigenvalue weighted by Crippen LogP contribution is 2.21. The van der Waals surface area contributed by atoms with Crippen molar-refractivity contribution in [2.24, 2.45) is 5.41 Å². The molecule has 0 aromatic carbocycles. The Morgan fingerprint density at radius 2 is 1.82 bits per heavy atom. The minimum absolute atomic E-state index is 0.124. The molecule has 1 atom stereocenters. The van der Waals surface area contributed by atoms with E-state index >= 15 is 0 Å². The lowest BCUT2D eigenvalue weighted by molar-refractivity contribution is -0.209. The van der Waals surface area contributed by atoms with Crippen molar-refractivity contribution in [3.05, 3.63) is 0 Å². The van der Waals surface area contributed by atoms with Gasteiger partial charge in [-0.3, -0.25) is 0 Å². The fourth-order valence-electron chi connectivity index (χ4n) is 1.27. The van der Waals surface area contributed by atoms with Crippen molar-refractivity contribution < 1.29 is 27.5 Å². The molecular weight excluding hydrogens is 239 g/mol. The largest absolute Gasteiger partial charge is 0.492 e. The maximum atomic E-state index is 11.9. The van der Waals surface area contributed by atoms with Crippen LogP contribution in [0.2, 0.25) is 0 Å². The fraction of sp³-hybridized carbons (Fsp3) is 0.900. The molecule has 102 valence electrons. The van der Waals surface area contributed by atoms with Gasteiger partial charge in [0.25, 0.3) is 0 Å². The zero-order valence-corrected chi connectivity index (χ0v) is 10.4. The Morgan fingerprint density at radius 3 is 2.18 bits per heavy atom. The second kappa shape index (κ2) is 6.20. The zero-order valence-electron chi connectivity index (χ0n) is 10.4. The first kappa shape index (κ1) is 16.2. The van der Waals surface area contributed by atoms with E-state index in [1.807, 2.05) is 20.8 Å². The molecule has 17 heavy (non-hydrogen) atoms. The standard InChI is InChI=1S/C10H18F3NO3/c1-9(2,3)5-7(6-16-4)14-17-8(15)10(11,12)13/h7,14H,5-6H2,1-4H3/t7-/m0/s1. The number of hydroxylamine groups is 1. The van der Waals surface area contributed by atoms with E-state index in [9.17, 15) is 18.0 Å². The van der Waals surface area contributed by atoms with Gasteiger partial charge < -0.3 is 9.57 Å². The minimum Gasteiger partial charge on any atom is -0.383 e. The number of rotatable bonds is 5. The number of nitrogens with one attached hydrogen (secondary N) is 1. The Hall–Kier alpha value is -0.820. The molecule has 0 spiro atoms. The van der Waals surface area contributed by atoms with Gasteiger partial charge in [0.2, 0.25) is 0 Å². The topological polar surface area (TPSA) is 47.6 Å². The monoisotopic (exact) mass is 257 g/mol. The molecule has 0 aliphatic heterocycles. The lowest BCUT2D eigenvalue weighted by Gasteiger charge is -2.25. The summed E-state index contributed by atoms with van der Waals surface area (Å²) in [5, 5.41) is 0. The van der Waals surface area contributed by atoms with Crippen LogP contribution in [-0.4, -0.2) is 31.9 Å². The highest BCUT2D eigenvalue weighted by Gasteiger charge is 2.41. The van der Waals surface area contributed by atoms with Crippen LogP contribution in [0.5, 0.6) is 0 Å². The third-order valence-corrected chi connectivity index (χ3v) is 1.78. The first-order valence-corrected chi connectivity index (χ1v) is 5.08. The average molecular weight is 257 g/mol. The van der Waals surface area contributed by atoms with Crippen LogP contribution in [0.25, 0.3) is 0 Å². The van der Waals surface area contributed by atoms with Gasteiger partial charge in [-0.15, -0.1) is 5.48 Å². The Labute approximate surface area is 98.4 Å². The minimum atomic E-state index is -4.99. The Bertz CT molecular complexity index is 248. The van der Waals surface area contributed by atoms with E-state index in [2.05, 4.69) is 10.3 Å². The van der Waals surface area contributed by atoms with Gasteiger partial charge in [0, 0.05) is 7.11 Å². The number of hydrogen-bond acceptors (Lipinski definition) is 4. The fourth-order valence-corrected chi connectivity index (χ4v) is 1.27. The Balaban J connectivity index is 4.23. The van der Waals surface area contributed by atoms with E-state index in [0.717, 1.165) is 0 Å². The summed E-state index contributed by atoms with van der Waals surface area (Å²) < 4.78 is 40.5. The van der Waals surface area contributed by atoms with E-state index in [4.69, 9.17) is 4.74 Å². The van der Waals surface area contributed by atoms with Crippen LogP contribution in [-0.2, 0) is 14.4 Å². The highest BCUT2D eigenvalue weighted by molar-refractivity contribution is 5.75. The summed E-state index contributed by atoms with van der Waals surface area (Å²) in [6.07, 6.45) is -4.49. The normalized spacial score (nSPS) is 14.5. The Kier molecular flexibility index (Phi) is 5.91. The van der Waals surface area contributed by atoms with Gasteiger partial charge in [0.1, 0.15) is 0 Å². The molecule has 0 unspecified atom stereocenters. The van der Waals surface area contributed by atoms with E-state index in [1.54, 1.807) is 0 Å². The smallest absolute Gasteiger partial charge is 0.383 e.